The van der Waals surface area contributed by atoms with Crippen LogP contribution in [0, 0.1) is 17.3 Å². The van der Waals surface area contributed by atoms with Gasteiger partial charge in [-0.1, -0.05) is 51.1 Å². The summed E-state index contributed by atoms with van der Waals surface area (Å²) >= 11 is 0. The molecule has 184 valence electrons. The van der Waals surface area contributed by atoms with Crippen LogP contribution in [0.15, 0.2) is 73.3 Å². The second-order valence-electron chi connectivity index (χ2n) is 9.51. The van der Waals surface area contributed by atoms with Crippen molar-refractivity contribution < 1.29 is 19.1 Å². The van der Waals surface area contributed by atoms with Crippen molar-refractivity contribution in [1.29, 1.82) is 0 Å². The Morgan fingerprint density at radius 3 is 2.26 bits per heavy atom. The Morgan fingerprint density at radius 1 is 1.03 bits per heavy atom. The molecule has 0 aliphatic rings. The number of esters is 1. The van der Waals surface area contributed by atoms with Gasteiger partial charge in [-0.25, -0.2) is 0 Å². The molecule has 1 aromatic carbocycles. The number of carbonyl (C=O) groups excluding carboxylic acids is 3. The molecule has 2 amide bonds. The van der Waals surface area contributed by atoms with Crippen LogP contribution in [0.5, 0.6) is 0 Å². The lowest BCUT2D eigenvalue weighted by Crippen LogP contribution is -2.50. The molecular formula is C27H32N4O4. The Morgan fingerprint density at radius 2 is 1.69 bits per heavy atom. The summed E-state index contributed by atoms with van der Waals surface area (Å²) in [6.07, 6.45) is 6.77. The molecule has 0 saturated carbocycles. The maximum atomic E-state index is 13.6. The Balaban J connectivity index is 2.05. The van der Waals surface area contributed by atoms with E-state index in [2.05, 4.69) is 10.3 Å². The highest BCUT2D eigenvalue weighted by atomic mass is 16.5. The van der Waals surface area contributed by atoms with Crippen LogP contribution in [-0.4, -0.2) is 34.4 Å². The van der Waals surface area contributed by atoms with Gasteiger partial charge >= 0.3 is 5.97 Å². The van der Waals surface area contributed by atoms with Crippen LogP contribution in [-0.2, 0) is 25.7 Å². The van der Waals surface area contributed by atoms with E-state index in [1.807, 2.05) is 69.3 Å². The number of pyridine rings is 1. The molecule has 1 unspecified atom stereocenters. The van der Waals surface area contributed by atoms with E-state index in [9.17, 15) is 14.4 Å². The van der Waals surface area contributed by atoms with Crippen molar-refractivity contribution in [2.75, 3.05) is 7.05 Å². The summed E-state index contributed by atoms with van der Waals surface area (Å²) in [4.78, 5) is 43.6. The number of nitrogens with zero attached hydrogens (tertiary/aromatic N) is 2. The van der Waals surface area contributed by atoms with Gasteiger partial charge in [-0.05, 0) is 40.3 Å². The number of nitrogens with two attached hydrogens (primary N) is 1. The maximum absolute atomic E-state index is 13.6. The Hall–Kier alpha value is -3.94. The number of carbonyl (C=O) groups is 3. The molecule has 0 spiro atoms. The summed E-state index contributed by atoms with van der Waals surface area (Å²) in [5.74, 6) is -3.82. The Labute approximate surface area is 205 Å². The zero-order chi connectivity index (χ0) is 25.6. The molecule has 0 aliphatic heterocycles. The van der Waals surface area contributed by atoms with Gasteiger partial charge in [0.05, 0.1) is 11.8 Å². The van der Waals surface area contributed by atoms with Crippen LogP contribution in [0.1, 0.15) is 32.4 Å². The van der Waals surface area contributed by atoms with Crippen LogP contribution < -0.4 is 11.1 Å². The first-order valence-electron chi connectivity index (χ1n) is 11.4. The van der Waals surface area contributed by atoms with E-state index in [0.717, 1.165) is 16.7 Å². The highest BCUT2D eigenvalue weighted by molar-refractivity contribution is 5.91. The van der Waals surface area contributed by atoms with Crippen molar-refractivity contribution in [2.45, 2.75) is 33.4 Å². The molecule has 2 aromatic heterocycles. The first-order valence-corrected chi connectivity index (χ1v) is 11.4. The average molecular weight is 477 g/mol. The third-order valence-electron chi connectivity index (χ3n) is 6.00. The molecule has 2 heterocycles. The summed E-state index contributed by atoms with van der Waals surface area (Å²) in [6, 6.07) is 13.6. The molecule has 8 nitrogen and oxygen atoms in total. The smallest absolute Gasteiger partial charge is 0.312 e. The van der Waals surface area contributed by atoms with Crippen molar-refractivity contribution in [3.8, 4) is 11.1 Å². The minimum Gasteiger partial charge on any atom is -0.461 e. The highest BCUT2D eigenvalue weighted by Crippen LogP contribution is 2.40. The van der Waals surface area contributed by atoms with Crippen molar-refractivity contribution in [3.63, 3.8) is 0 Å². The normalized spacial score (nSPS) is 13.9. The van der Waals surface area contributed by atoms with Gasteiger partial charge in [-0.3, -0.25) is 19.4 Å². The monoisotopic (exact) mass is 476 g/mol. The molecule has 35 heavy (non-hydrogen) atoms. The molecule has 0 aliphatic carbocycles. The number of aromatic nitrogens is 2. The van der Waals surface area contributed by atoms with Crippen molar-refractivity contribution >= 4 is 17.8 Å². The fourth-order valence-corrected chi connectivity index (χ4v) is 4.33. The highest BCUT2D eigenvalue weighted by Gasteiger charge is 2.48. The van der Waals surface area contributed by atoms with E-state index >= 15 is 0 Å². The minimum absolute atomic E-state index is 0.0141. The fraction of sp³-hybridized carbons (Fsp3) is 0.333. The number of amides is 2. The number of hydrogen-bond acceptors (Lipinski definition) is 5. The van der Waals surface area contributed by atoms with E-state index < -0.39 is 35.2 Å². The summed E-state index contributed by atoms with van der Waals surface area (Å²) in [7, 11) is 1.50. The predicted octanol–water partition coefficient (Wildman–Crippen LogP) is 3.34. The third-order valence-corrected chi connectivity index (χ3v) is 6.00. The molecular weight excluding hydrogens is 444 g/mol. The lowest BCUT2D eigenvalue weighted by atomic mass is 9.69. The SMILES string of the molecule is CNC(=O)[C@@H](C(C(=O)OCc1ccccc1)[C@H](C(N)=O)n1ccc(-c2ccncc2)c1)C(C)(C)C. The maximum Gasteiger partial charge on any atom is 0.312 e. The van der Waals surface area contributed by atoms with Crippen LogP contribution >= 0.6 is 0 Å². The predicted molar refractivity (Wildman–Crippen MR) is 133 cm³/mol. The number of benzene rings is 1. The largest absolute Gasteiger partial charge is 0.461 e. The van der Waals surface area contributed by atoms with Crippen molar-refractivity contribution in [1.82, 2.24) is 14.9 Å². The van der Waals surface area contributed by atoms with Gasteiger partial charge in [0.15, 0.2) is 0 Å². The number of hydrogen-bond donors (Lipinski definition) is 2. The van der Waals surface area contributed by atoms with Crippen LogP contribution in [0.4, 0.5) is 0 Å². The van der Waals surface area contributed by atoms with Gasteiger partial charge in [-0.15, -0.1) is 0 Å². The molecule has 3 rings (SSSR count). The van der Waals surface area contributed by atoms with E-state index in [0.29, 0.717) is 0 Å². The minimum atomic E-state index is -1.16. The zero-order valence-corrected chi connectivity index (χ0v) is 20.5. The topological polar surface area (TPSA) is 116 Å². The molecule has 8 heteroatoms. The van der Waals surface area contributed by atoms with Gasteiger partial charge < -0.3 is 20.4 Å². The summed E-state index contributed by atoms with van der Waals surface area (Å²) in [5.41, 5.74) is 7.71. The molecule has 3 N–H and O–H groups in total. The van der Waals surface area contributed by atoms with Gasteiger partial charge in [0.2, 0.25) is 11.8 Å². The second-order valence-corrected chi connectivity index (χ2v) is 9.51. The average Bonchev–Trinajstić information content (AvgIpc) is 3.31. The van der Waals surface area contributed by atoms with Crippen LogP contribution in [0.3, 0.4) is 0 Å². The quantitative estimate of drug-likeness (QED) is 0.460. The molecule has 0 fully saturated rings. The third kappa shape index (κ3) is 6.15. The lowest BCUT2D eigenvalue weighted by molar-refractivity contribution is -0.161. The van der Waals surface area contributed by atoms with Crippen molar-refractivity contribution in [2.24, 2.45) is 23.0 Å². The fourth-order valence-electron chi connectivity index (χ4n) is 4.33. The van der Waals surface area contributed by atoms with Crippen LogP contribution in [0.25, 0.3) is 11.1 Å². The zero-order valence-electron chi connectivity index (χ0n) is 20.5. The second kappa shape index (κ2) is 11.0. The summed E-state index contributed by atoms with van der Waals surface area (Å²) in [5, 5.41) is 2.64. The molecule has 3 aromatic rings. The van der Waals surface area contributed by atoms with Crippen molar-refractivity contribution in [3.05, 3.63) is 78.9 Å². The van der Waals surface area contributed by atoms with E-state index in [-0.39, 0.29) is 12.5 Å². The number of primary amides is 1. The first kappa shape index (κ1) is 25.7. The molecule has 3 atom stereocenters. The summed E-state index contributed by atoms with van der Waals surface area (Å²) in [6.45, 7) is 5.56. The van der Waals surface area contributed by atoms with Gasteiger partial charge in [0.25, 0.3) is 0 Å². The van der Waals surface area contributed by atoms with E-state index in [1.165, 1.54) is 7.05 Å². The van der Waals surface area contributed by atoms with Crippen LogP contribution in [0.2, 0.25) is 0 Å². The number of ether oxygens (including phenoxy) is 1. The number of nitrogens with one attached hydrogen (secondary N) is 1. The van der Waals surface area contributed by atoms with Gasteiger partial charge in [0, 0.05) is 31.8 Å². The standard InChI is InChI=1S/C27H32N4O4/c1-27(2,3)22(25(33)29-4)21(26(34)35-17-18-8-6-5-7-9-18)23(24(28)32)31-15-12-20(16-31)19-10-13-30-14-11-19/h5-16,21-23H,17H2,1-4H3,(H2,28,32)(H,29,33)/t21?,22-,23-/m1/s1. The molecule has 0 bridgehead atoms. The molecule has 0 radical (unpaired) electrons. The Bertz CT molecular complexity index is 1150. The summed E-state index contributed by atoms with van der Waals surface area (Å²) < 4.78 is 7.25. The Kier molecular flexibility index (Phi) is 8.06. The lowest BCUT2D eigenvalue weighted by Gasteiger charge is -2.37. The first-order chi connectivity index (χ1) is 16.6. The molecule has 0 saturated heterocycles. The number of rotatable bonds is 9. The van der Waals surface area contributed by atoms with Gasteiger partial charge in [-0.2, -0.15) is 0 Å². The van der Waals surface area contributed by atoms with Gasteiger partial charge in [0.1, 0.15) is 12.6 Å². The van der Waals surface area contributed by atoms with E-state index in [1.54, 1.807) is 29.4 Å². The van der Waals surface area contributed by atoms with E-state index in [4.69, 9.17) is 10.5 Å².